The molecule has 1 aromatic heterocycles. The van der Waals surface area contributed by atoms with Crippen LogP contribution in [0.5, 0.6) is 0 Å². The van der Waals surface area contributed by atoms with Gasteiger partial charge in [0.2, 0.25) is 0 Å². The van der Waals surface area contributed by atoms with Gasteiger partial charge in [-0.05, 0) is 55.1 Å². The van der Waals surface area contributed by atoms with Gasteiger partial charge in [-0.1, -0.05) is 176 Å². The van der Waals surface area contributed by atoms with Crippen molar-refractivity contribution in [3.8, 4) is 56.4 Å². The number of rotatable bonds is 6. The number of benzene rings is 7. The molecule has 9 rings (SSSR count). The predicted molar refractivity (Wildman–Crippen MR) is 204 cm³/mol. The summed E-state index contributed by atoms with van der Waals surface area (Å²) < 4.78 is 0. The van der Waals surface area contributed by atoms with Crippen molar-refractivity contribution < 1.29 is 0 Å². The molecule has 1 aliphatic heterocycles. The number of hydrogen-bond acceptors (Lipinski definition) is 3. The summed E-state index contributed by atoms with van der Waals surface area (Å²) in [6, 6.07) is 67.1. The van der Waals surface area contributed by atoms with Crippen LogP contribution < -0.4 is 20.7 Å². The lowest BCUT2D eigenvalue weighted by atomic mass is 10.0. The van der Waals surface area contributed by atoms with Crippen LogP contribution in [0.3, 0.4) is 0 Å². The minimum absolute atomic E-state index is 0.653. The van der Waals surface area contributed by atoms with Gasteiger partial charge in [-0.2, -0.15) is 0 Å². The number of aromatic nitrogens is 3. The highest BCUT2D eigenvalue weighted by molar-refractivity contribution is 7.22. The van der Waals surface area contributed by atoms with Crippen molar-refractivity contribution in [3.63, 3.8) is 0 Å². The summed E-state index contributed by atoms with van der Waals surface area (Å²) in [5.41, 5.74) is 7.70. The average Bonchev–Trinajstić information content (AvgIpc) is 3.49. The largest absolute Gasteiger partial charge is 0.208 e. The Hall–Kier alpha value is -6.23. The quantitative estimate of drug-likeness (QED) is 0.173. The zero-order valence-corrected chi connectivity index (χ0v) is 27.7. The van der Waals surface area contributed by atoms with E-state index in [0.717, 1.165) is 27.8 Å². The first-order chi connectivity index (χ1) is 24.3. The molecule has 1 aliphatic rings. The van der Waals surface area contributed by atoms with E-state index >= 15 is 0 Å². The molecule has 0 saturated heterocycles. The van der Waals surface area contributed by atoms with E-state index in [2.05, 4.69) is 164 Å². The van der Waals surface area contributed by atoms with E-state index in [4.69, 9.17) is 15.0 Å². The SMILES string of the molecule is c1ccc(-c2cccc(-c3nc(-c4ccccc4)nc(-c4ccc5c(c4)-c4ccccc4[Si]5(c4ccccc4)c4ccccc4)n3)c2)cc1. The second-order valence-corrected chi connectivity index (χ2v) is 16.1. The van der Waals surface area contributed by atoms with Crippen molar-refractivity contribution >= 4 is 28.8 Å². The predicted octanol–water partition coefficient (Wildman–Crippen LogP) is 7.90. The second-order valence-electron chi connectivity index (χ2n) is 12.4. The fourth-order valence-electron chi connectivity index (χ4n) is 7.41. The molecule has 3 nitrogen and oxygen atoms in total. The Morgan fingerprint density at radius 2 is 0.735 bits per heavy atom. The molecule has 2 heterocycles. The smallest absolute Gasteiger partial charge is 0.180 e. The highest BCUT2D eigenvalue weighted by Gasteiger charge is 2.48. The number of nitrogens with zero attached hydrogens (tertiary/aromatic N) is 3. The molecule has 0 atom stereocenters. The summed E-state index contributed by atoms with van der Waals surface area (Å²) in [5.74, 6) is 1.97. The minimum atomic E-state index is -2.57. The molecule has 0 fully saturated rings. The Kier molecular flexibility index (Phi) is 7.14. The van der Waals surface area contributed by atoms with Crippen LogP contribution in [0.2, 0.25) is 0 Å². The molecule has 0 aliphatic carbocycles. The van der Waals surface area contributed by atoms with Crippen LogP contribution in [0.25, 0.3) is 56.4 Å². The van der Waals surface area contributed by atoms with E-state index in [-0.39, 0.29) is 0 Å². The molecule has 0 spiro atoms. The lowest BCUT2D eigenvalue weighted by molar-refractivity contribution is 1.07. The molecule has 0 unspecified atom stereocenters. The molecular weight excluding hydrogens is 611 g/mol. The molecule has 7 aromatic carbocycles. The zero-order valence-electron chi connectivity index (χ0n) is 26.7. The van der Waals surface area contributed by atoms with Crippen LogP contribution in [0, 0.1) is 0 Å². The molecule has 49 heavy (non-hydrogen) atoms. The summed E-state index contributed by atoms with van der Waals surface area (Å²) in [6.45, 7) is 0. The Morgan fingerprint density at radius 3 is 1.37 bits per heavy atom. The second kappa shape index (κ2) is 12.1. The van der Waals surface area contributed by atoms with E-state index in [9.17, 15) is 0 Å². The number of fused-ring (bicyclic) bond motifs is 3. The molecule has 0 radical (unpaired) electrons. The van der Waals surface area contributed by atoms with Gasteiger partial charge in [-0.25, -0.2) is 15.0 Å². The van der Waals surface area contributed by atoms with Crippen molar-refractivity contribution in [1.29, 1.82) is 0 Å². The fourth-order valence-corrected chi connectivity index (χ4v) is 12.6. The van der Waals surface area contributed by atoms with Crippen molar-refractivity contribution in [2.75, 3.05) is 0 Å². The highest BCUT2D eigenvalue weighted by Crippen LogP contribution is 2.33. The van der Waals surface area contributed by atoms with E-state index in [1.165, 1.54) is 31.9 Å². The maximum absolute atomic E-state index is 5.16. The first-order valence-corrected chi connectivity index (χ1v) is 18.6. The Morgan fingerprint density at radius 1 is 0.286 bits per heavy atom. The van der Waals surface area contributed by atoms with Crippen LogP contribution in [-0.4, -0.2) is 23.0 Å². The highest BCUT2D eigenvalue weighted by atomic mass is 28.3. The van der Waals surface area contributed by atoms with Gasteiger partial charge < -0.3 is 0 Å². The molecule has 230 valence electrons. The maximum atomic E-state index is 5.16. The normalized spacial score (nSPS) is 12.7. The molecule has 8 aromatic rings. The standard InChI is InChI=1S/C45H31N3Si/c1-5-16-32(17-6-1)34-20-15-21-35(30-34)44-46-43(33-18-7-2-8-19-33)47-45(48-44)36-28-29-42-40(31-36)39-26-13-14-27-41(39)49(42,37-22-9-3-10-23-37)38-24-11-4-12-25-38/h1-31H. The van der Waals surface area contributed by atoms with Crippen molar-refractivity contribution in [2.24, 2.45) is 0 Å². The van der Waals surface area contributed by atoms with E-state index in [1.54, 1.807) is 0 Å². The van der Waals surface area contributed by atoms with Crippen molar-refractivity contribution in [1.82, 2.24) is 15.0 Å². The molecule has 4 heteroatoms. The monoisotopic (exact) mass is 641 g/mol. The maximum Gasteiger partial charge on any atom is 0.180 e. The van der Waals surface area contributed by atoms with Gasteiger partial charge in [-0.15, -0.1) is 0 Å². The van der Waals surface area contributed by atoms with Crippen molar-refractivity contribution in [3.05, 3.63) is 188 Å². The van der Waals surface area contributed by atoms with E-state index in [1.807, 2.05) is 24.3 Å². The third-order valence-corrected chi connectivity index (χ3v) is 14.5. The van der Waals surface area contributed by atoms with Gasteiger partial charge in [0.05, 0.1) is 0 Å². The van der Waals surface area contributed by atoms with Gasteiger partial charge in [0.25, 0.3) is 0 Å². The summed E-state index contributed by atoms with van der Waals surface area (Å²) in [7, 11) is -2.57. The molecule has 0 bridgehead atoms. The first-order valence-electron chi connectivity index (χ1n) is 16.6. The van der Waals surface area contributed by atoms with Crippen LogP contribution >= 0.6 is 0 Å². The minimum Gasteiger partial charge on any atom is -0.208 e. The van der Waals surface area contributed by atoms with Gasteiger partial charge >= 0.3 is 0 Å². The van der Waals surface area contributed by atoms with Crippen molar-refractivity contribution in [2.45, 2.75) is 0 Å². The molecule has 0 saturated carbocycles. The third-order valence-electron chi connectivity index (χ3n) is 9.61. The molecular formula is C45H31N3Si. The van der Waals surface area contributed by atoms with Gasteiger partial charge in [0.15, 0.2) is 25.5 Å². The lowest BCUT2D eigenvalue weighted by Gasteiger charge is -2.31. The summed E-state index contributed by atoms with van der Waals surface area (Å²) in [4.78, 5) is 15.3. The van der Waals surface area contributed by atoms with Gasteiger partial charge in [0, 0.05) is 16.7 Å². The van der Waals surface area contributed by atoms with Crippen LogP contribution in [0.1, 0.15) is 0 Å². The molecule has 0 amide bonds. The van der Waals surface area contributed by atoms with E-state index in [0.29, 0.717) is 17.5 Å². The van der Waals surface area contributed by atoms with Crippen LogP contribution in [-0.2, 0) is 0 Å². The van der Waals surface area contributed by atoms with Crippen LogP contribution in [0.4, 0.5) is 0 Å². The Labute approximate surface area is 287 Å². The Balaban J connectivity index is 1.25. The fraction of sp³-hybridized carbons (Fsp3) is 0. The Bertz CT molecular complexity index is 2390. The van der Waals surface area contributed by atoms with Gasteiger partial charge in [-0.3, -0.25) is 0 Å². The summed E-state index contributed by atoms with van der Waals surface area (Å²) in [6.07, 6.45) is 0. The molecule has 0 N–H and O–H groups in total. The first kappa shape index (κ1) is 28.9. The average molecular weight is 642 g/mol. The summed E-state index contributed by atoms with van der Waals surface area (Å²) in [5, 5.41) is 5.57. The zero-order chi connectivity index (χ0) is 32.6. The lowest BCUT2D eigenvalue weighted by Crippen LogP contribution is -2.72. The van der Waals surface area contributed by atoms with E-state index < -0.39 is 8.07 Å². The number of hydrogen-bond donors (Lipinski definition) is 0. The van der Waals surface area contributed by atoms with Gasteiger partial charge in [0.1, 0.15) is 0 Å². The summed E-state index contributed by atoms with van der Waals surface area (Å²) >= 11 is 0. The van der Waals surface area contributed by atoms with Crippen LogP contribution in [0.15, 0.2) is 188 Å². The topological polar surface area (TPSA) is 38.7 Å². The third kappa shape index (κ3) is 4.93.